The van der Waals surface area contributed by atoms with Gasteiger partial charge in [-0.05, 0) is 46.8 Å². The SMILES string of the molecule is Cc1ccc(C(=O)NC(C)(C)C(C)(C)O)s1. The number of carbonyl (C=O) groups is 1. The van der Waals surface area contributed by atoms with Crippen molar-refractivity contribution in [3.8, 4) is 0 Å². The molecule has 0 aromatic carbocycles. The zero-order valence-corrected chi connectivity index (χ0v) is 11.2. The van der Waals surface area contributed by atoms with Crippen LogP contribution in [0.4, 0.5) is 0 Å². The van der Waals surface area contributed by atoms with Gasteiger partial charge < -0.3 is 10.4 Å². The molecule has 90 valence electrons. The summed E-state index contributed by atoms with van der Waals surface area (Å²) in [6.45, 7) is 8.96. The van der Waals surface area contributed by atoms with Crippen molar-refractivity contribution in [3.05, 3.63) is 21.9 Å². The van der Waals surface area contributed by atoms with Gasteiger partial charge in [0.2, 0.25) is 0 Å². The lowest BCUT2D eigenvalue weighted by molar-refractivity contribution is -0.00284. The Balaban J connectivity index is 2.79. The summed E-state index contributed by atoms with van der Waals surface area (Å²) in [5.41, 5.74) is -1.63. The summed E-state index contributed by atoms with van der Waals surface area (Å²) < 4.78 is 0. The van der Waals surface area contributed by atoms with Gasteiger partial charge in [-0.1, -0.05) is 0 Å². The molecule has 0 aliphatic heterocycles. The minimum atomic E-state index is -0.963. The number of nitrogens with one attached hydrogen (secondary N) is 1. The number of hydrogen-bond donors (Lipinski definition) is 2. The van der Waals surface area contributed by atoms with Gasteiger partial charge in [0.1, 0.15) is 0 Å². The molecule has 0 unspecified atom stereocenters. The van der Waals surface area contributed by atoms with Gasteiger partial charge in [-0.25, -0.2) is 0 Å². The molecule has 0 fully saturated rings. The Morgan fingerprint density at radius 2 is 1.88 bits per heavy atom. The highest BCUT2D eigenvalue weighted by atomic mass is 32.1. The van der Waals surface area contributed by atoms with Gasteiger partial charge in [0.25, 0.3) is 5.91 Å². The summed E-state index contributed by atoms with van der Waals surface area (Å²) in [4.78, 5) is 13.7. The molecule has 1 aromatic heterocycles. The van der Waals surface area contributed by atoms with Crippen LogP contribution < -0.4 is 5.32 Å². The lowest BCUT2D eigenvalue weighted by Gasteiger charge is -2.37. The van der Waals surface area contributed by atoms with Crippen molar-refractivity contribution in [1.82, 2.24) is 5.32 Å². The predicted molar refractivity (Wildman–Crippen MR) is 66.9 cm³/mol. The first-order valence-electron chi connectivity index (χ1n) is 5.25. The fourth-order valence-corrected chi connectivity index (χ4v) is 1.82. The third-order valence-electron chi connectivity index (χ3n) is 2.92. The van der Waals surface area contributed by atoms with Crippen LogP contribution in [0.25, 0.3) is 0 Å². The minimum absolute atomic E-state index is 0.134. The molecule has 1 aromatic rings. The fraction of sp³-hybridized carbons (Fsp3) is 0.583. The molecule has 0 spiro atoms. The molecule has 0 atom stereocenters. The summed E-state index contributed by atoms with van der Waals surface area (Å²) in [5, 5.41) is 12.8. The minimum Gasteiger partial charge on any atom is -0.388 e. The van der Waals surface area contributed by atoms with Crippen molar-refractivity contribution in [2.24, 2.45) is 0 Å². The zero-order chi connectivity index (χ0) is 12.6. The second kappa shape index (κ2) is 4.18. The molecule has 1 heterocycles. The van der Waals surface area contributed by atoms with Crippen molar-refractivity contribution in [2.75, 3.05) is 0 Å². The van der Waals surface area contributed by atoms with Crippen molar-refractivity contribution < 1.29 is 9.90 Å². The molecule has 0 aliphatic carbocycles. The van der Waals surface area contributed by atoms with Crippen LogP contribution in [0, 0.1) is 6.92 Å². The third kappa shape index (κ3) is 2.83. The number of aliphatic hydroxyl groups is 1. The van der Waals surface area contributed by atoms with E-state index in [-0.39, 0.29) is 5.91 Å². The molecular weight excluding hydrogens is 222 g/mol. The Labute approximate surface area is 100 Å². The molecule has 2 N–H and O–H groups in total. The van der Waals surface area contributed by atoms with E-state index in [4.69, 9.17) is 0 Å². The maximum Gasteiger partial charge on any atom is 0.261 e. The smallest absolute Gasteiger partial charge is 0.261 e. The molecule has 3 nitrogen and oxygen atoms in total. The molecule has 1 amide bonds. The van der Waals surface area contributed by atoms with Gasteiger partial charge in [0.15, 0.2) is 0 Å². The monoisotopic (exact) mass is 241 g/mol. The van der Waals surface area contributed by atoms with E-state index < -0.39 is 11.1 Å². The Hall–Kier alpha value is -0.870. The molecule has 0 radical (unpaired) electrons. The second-order valence-corrected chi connectivity index (χ2v) is 6.34. The first-order chi connectivity index (χ1) is 7.13. The topological polar surface area (TPSA) is 49.3 Å². The van der Waals surface area contributed by atoms with E-state index in [0.717, 1.165) is 4.88 Å². The zero-order valence-electron chi connectivity index (χ0n) is 10.4. The Morgan fingerprint density at radius 3 is 2.25 bits per heavy atom. The molecule has 4 heteroatoms. The Bertz CT molecular complexity index is 388. The number of amides is 1. The van der Waals surface area contributed by atoms with Crippen LogP contribution in [0.5, 0.6) is 0 Å². The van der Waals surface area contributed by atoms with Gasteiger partial charge in [-0.15, -0.1) is 11.3 Å². The highest BCUT2D eigenvalue weighted by molar-refractivity contribution is 7.13. The van der Waals surface area contributed by atoms with E-state index in [0.29, 0.717) is 4.88 Å². The van der Waals surface area contributed by atoms with Crippen LogP contribution in [0.3, 0.4) is 0 Å². The van der Waals surface area contributed by atoms with Gasteiger partial charge in [0.05, 0.1) is 16.0 Å². The average Bonchev–Trinajstić information content (AvgIpc) is 2.48. The number of thiophene rings is 1. The van der Waals surface area contributed by atoms with Crippen molar-refractivity contribution >= 4 is 17.2 Å². The number of rotatable bonds is 3. The molecule has 0 saturated heterocycles. The first kappa shape index (κ1) is 13.2. The summed E-state index contributed by atoms with van der Waals surface area (Å²) in [6.07, 6.45) is 0. The quantitative estimate of drug-likeness (QED) is 0.853. The Kier molecular flexibility index (Phi) is 3.45. The predicted octanol–water partition coefficient (Wildman–Crippen LogP) is 2.34. The van der Waals surface area contributed by atoms with E-state index in [9.17, 15) is 9.90 Å². The summed E-state index contributed by atoms with van der Waals surface area (Å²) in [7, 11) is 0. The first-order valence-corrected chi connectivity index (χ1v) is 6.06. The third-order valence-corrected chi connectivity index (χ3v) is 3.92. The summed E-state index contributed by atoms with van der Waals surface area (Å²) in [5.74, 6) is -0.134. The highest BCUT2D eigenvalue weighted by Gasteiger charge is 2.36. The maximum atomic E-state index is 11.9. The largest absolute Gasteiger partial charge is 0.388 e. The second-order valence-electron chi connectivity index (χ2n) is 5.05. The van der Waals surface area contributed by atoms with E-state index in [2.05, 4.69) is 5.32 Å². The van der Waals surface area contributed by atoms with Crippen LogP contribution in [0.15, 0.2) is 12.1 Å². The van der Waals surface area contributed by atoms with Gasteiger partial charge in [0, 0.05) is 4.88 Å². The van der Waals surface area contributed by atoms with Gasteiger partial charge in [-0.2, -0.15) is 0 Å². The lowest BCUT2D eigenvalue weighted by Crippen LogP contribution is -2.57. The number of carbonyl (C=O) groups excluding carboxylic acids is 1. The van der Waals surface area contributed by atoms with E-state index in [1.807, 2.05) is 26.8 Å². The molecule has 16 heavy (non-hydrogen) atoms. The van der Waals surface area contributed by atoms with Crippen LogP contribution in [-0.4, -0.2) is 22.2 Å². The highest BCUT2D eigenvalue weighted by Crippen LogP contribution is 2.22. The fourth-order valence-electron chi connectivity index (χ4n) is 1.05. The van der Waals surface area contributed by atoms with Crippen LogP contribution >= 0.6 is 11.3 Å². The van der Waals surface area contributed by atoms with Crippen LogP contribution in [-0.2, 0) is 0 Å². The van der Waals surface area contributed by atoms with Crippen molar-refractivity contribution in [3.63, 3.8) is 0 Å². The average molecular weight is 241 g/mol. The van der Waals surface area contributed by atoms with E-state index in [1.54, 1.807) is 19.9 Å². The molecule has 0 saturated carbocycles. The molecular formula is C12H19NO2S. The van der Waals surface area contributed by atoms with E-state index >= 15 is 0 Å². The normalized spacial score (nSPS) is 12.6. The van der Waals surface area contributed by atoms with Crippen molar-refractivity contribution in [1.29, 1.82) is 0 Å². The van der Waals surface area contributed by atoms with Gasteiger partial charge in [-0.3, -0.25) is 4.79 Å². The molecule has 0 aliphatic rings. The van der Waals surface area contributed by atoms with Crippen molar-refractivity contribution in [2.45, 2.75) is 45.8 Å². The number of aryl methyl sites for hydroxylation is 1. The van der Waals surface area contributed by atoms with Gasteiger partial charge >= 0.3 is 0 Å². The summed E-state index contributed by atoms with van der Waals surface area (Å²) in [6, 6.07) is 3.71. The maximum absolute atomic E-state index is 11.9. The lowest BCUT2D eigenvalue weighted by atomic mass is 9.86. The molecule has 1 rings (SSSR count). The van der Waals surface area contributed by atoms with Crippen LogP contribution in [0.1, 0.15) is 42.2 Å². The van der Waals surface area contributed by atoms with E-state index in [1.165, 1.54) is 11.3 Å². The summed E-state index contributed by atoms with van der Waals surface area (Å²) >= 11 is 1.45. The standard InChI is InChI=1S/C12H19NO2S/c1-8-6-7-9(16-8)10(14)13-11(2,3)12(4,5)15/h6-7,15H,1-5H3,(H,13,14). The Morgan fingerprint density at radius 1 is 1.31 bits per heavy atom. The molecule has 0 bridgehead atoms. The van der Waals surface area contributed by atoms with Crippen LogP contribution in [0.2, 0.25) is 0 Å². The number of hydrogen-bond acceptors (Lipinski definition) is 3.